The highest BCUT2D eigenvalue weighted by Gasteiger charge is 2.19. The Balaban J connectivity index is 2.10. The largest absolute Gasteiger partial charge is 0.372 e. The van der Waals surface area contributed by atoms with Gasteiger partial charge in [0, 0.05) is 24.3 Å². The zero-order valence-corrected chi connectivity index (χ0v) is 13.9. The highest BCUT2D eigenvalue weighted by atomic mass is 79.9. The van der Waals surface area contributed by atoms with Gasteiger partial charge in [-0.2, -0.15) is 0 Å². The number of hydrogen-bond donors (Lipinski definition) is 2. The van der Waals surface area contributed by atoms with Crippen LogP contribution in [-0.2, 0) is 16.4 Å². The molecule has 1 aromatic heterocycles. The number of benzene rings is 1. The van der Waals surface area contributed by atoms with Crippen molar-refractivity contribution in [1.82, 2.24) is 9.71 Å². The molecule has 0 saturated heterocycles. The third-order valence-corrected chi connectivity index (χ3v) is 4.80. The second-order valence-electron chi connectivity index (χ2n) is 4.38. The number of aromatic nitrogens is 1. The average Bonchev–Trinajstić information content (AvgIpc) is 2.48. The second kappa shape index (κ2) is 7.02. The fourth-order valence-electron chi connectivity index (χ4n) is 1.87. The maximum atomic E-state index is 12.3. The van der Waals surface area contributed by atoms with Crippen LogP contribution in [0.5, 0.6) is 0 Å². The van der Waals surface area contributed by atoms with Gasteiger partial charge >= 0.3 is 0 Å². The van der Waals surface area contributed by atoms with Crippen LogP contribution in [0.3, 0.4) is 0 Å². The van der Waals surface area contributed by atoms with Gasteiger partial charge in [0.2, 0.25) is 10.0 Å². The lowest BCUT2D eigenvalue weighted by atomic mass is 10.2. The van der Waals surface area contributed by atoms with Gasteiger partial charge in [-0.3, -0.25) is 0 Å². The molecule has 0 aliphatic rings. The Bertz CT molecular complexity index is 705. The van der Waals surface area contributed by atoms with Crippen LogP contribution >= 0.6 is 15.9 Å². The molecule has 2 rings (SSSR count). The standard InChI is InChI=1S/C14H16BrN3O2S/c1-16-14-13(9-12(15)10-17-14)21(19,20)18-8-7-11-5-3-2-4-6-11/h2-6,9-10,18H,7-8H2,1H3,(H,16,17). The molecular weight excluding hydrogens is 354 g/mol. The number of nitrogens with zero attached hydrogens (tertiary/aromatic N) is 1. The Morgan fingerprint density at radius 3 is 2.62 bits per heavy atom. The molecule has 1 heterocycles. The van der Waals surface area contributed by atoms with E-state index in [9.17, 15) is 8.42 Å². The Kier molecular flexibility index (Phi) is 5.33. The third kappa shape index (κ3) is 4.26. The molecular formula is C14H16BrN3O2S. The molecule has 7 heteroatoms. The number of hydrogen-bond acceptors (Lipinski definition) is 4. The summed E-state index contributed by atoms with van der Waals surface area (Å²) in [4.78, 5) is 4.18. The Labute approximate surface area is 133 Å². The van der Waals surface area contributed by atoms with Crippen molar-refractivity contribution in [2.45, 2.75) is 11.3 Å². The molecule has 2 aromatic rings. The van der Waals surface area contributed by atoms with E-state index in [1.165, 1.54) is 6.07 Å². The molecule has 0 amide bonds. The van der Waals surface area contributed by atoms with Gasteiger partial charge in [0.05, 0.1) is 0 Å². The predicted molar refractivity (Wildman–Crippen MR) is 86.8 cm³/mol. The molecule has 0 spiro atoms. The van der Waals surface area contributed by atoms with E-state index >= 15 is 0 Å². The first-order valence-corrected chi connectivity index (χ1v) is 8.67. The SMILES string of the molecule is CNc1ncc(Br)cc1S(=O)(=O)NCCc1ccccc1. The lowest BCUT2D eigenvalue weighted by Crippen LogP contribution is -2.27. The van der Waals surface area contributed by atoms with E-state index in [1.54, 1.807) is 13.2 Å². The summed E-state index contributed by atoms with van der Waals surface area (Å²) >= 11 is 3.24. The van der Waals surface area contributed by atoms with Crippen LogP contribution in [0.4, 0.5) is 5.82 Å². The smallest absolute Gasteiger partial charge is 0.244 e. The number of halogens is 1. The molecule has 0 bridgehead atoms. The lowest BCUT2D eigenvalue weighted by molar-refractivity contribution is 0.581. The first-order chi connectivity index (χ1) is 10.0. The molecule has 0 unspecified atom stereocenters. The van der Waals surface area contributed by atoms with E-state index in [0.717, 1.165) is 5.56 Å². The summed E-state index contributed by atoms with van der Waals surface area (Å²) in [7, 11) is -1.96. The van der Waals surface area contributed by atoms with Gasteiger partial charge in [0.25, 0.3) is 0 Å². The Morgan fingerprint density at radius 1 is 1.24 bits per heavy atom. The number of anilines is 1. The van der Waals surface area contributed by atoms with Gasteiger partial charge < -0.3 is 5.32 Å². The monoisotopic (exact) mass is 369 g/mol. The summed E-state index contributed by atoms with van der Waals surface area (Å²) in [5.74, 6) is 0.324. The van der Waals surface area contributed by atoms with Crippen LogP contribution in [0.15, 0.2) is 52.0 Å². The van der Waals surface area contributed by atoms with Crippen molar-refractivity contribution < 1.29 is 8.42 Å². The van der Waals surface area contributed by atoms with Crippen molar-refractivity contribution in [3.63, 3.8) is 0 Å². The van der Waals surface area contributed by atoms with Crippen LogP contribution in [0.2, 0.25) is 0 Å². The summed E-state index contributed by atoms with van der Waals surface area (Å²) in [6, 6.07) is 11.3. The van der Waals surface area contributed by atoms with E-state index in [0.29, 0.717) is 23.3 Å². The summed E-state index contributed by atoms with van der Waals surface area (Å²) in [5.41, 5.74) is 1.08. The predicted octanol–water partition coefficient (Wildman–Crippen LogP) is 2.41. The van der Waals surface area contributed by atoms with Gasteiger partial charge in [0.15, 0.2) is 0 Å². The number of pyridine rings is 1. The molecule has 112 valence electrons. The minimum atomic E-state index is -3.60. The van der Waals surface area contributed by atoms with Crippen molar-refractivity contribution >= 4 is 31.8 Å². The van der Waals surface area contributed by atoms with Crippen LogP contribution in [0.25, 0.3) is 0 Å². The molecule has 5 nitrogen and oxygen atoms in total. The maximum Gasteiger partial charge on any atom is 0.244 e. The zero-order chi connectivity index (χ0) is 15.3. The van der Waals surface area contributed by atoms with Gasteiger partial charge in [0.1, 0.15) is 10.7 Å². The lowest BCUT2D eigenvalue weighted by Gasteiger charge is -2.11. The van der Waals surface area contributed by atoms with E-state index in [2.05, 4.69) is 31.0 Å². The zero-order valence-electron chi connectivity index (χ0n) is 11.5. The fourth-order valence-corrected chi connectivity index (χ4v) is 3.57. The van der Waals surface area contributed by atoms with Crippen molar-refractivity contribution in [3.05, 3.63) is 52.6 Å². The second-order valence-corrected chi connectivity index (χ2v) is 7.03. The van der Waals surface area contributed by atoms with Crippen LogP contribution in [-0.4, -0.2) is 27.0 Å². The first-order valence-electron chi connectivity index (χ1n) is 6.40. The molecule has 0 atom stereocenters. The van der Waals surface area contributed by atoms with Crippen molar-refractivity contribution in [1.29, 1.82) is 0 Å². The van der Waals surface area contributed by atoms with E-state index < -0.39 is 10.0 Å². The summed E-state index contributed by atoms with van der Waals surface area (Å²) in [5, 5.41) is 2.79. The first kappa shape index (κ1) is 15.9. The number of nitrogens with one attached hydrogen (secondary N) is 2. The Hall–Kier alpha value is -1.44. The van der Waals surface area contributed by atoms with E-state index in [1.807, 2.05) is 30.3 Å². The minimum absolute atomic E-state index is 0.132. The molecule has 0 aliphatic carbocycles. The quantitative estimate of drug-likeness (QED) is 0.819. The summed E-state index contributed by atoms with van der Waals surface area (Å²) < 4.78 is 27.9. The van der Waals surface area contributed by atoms with Gasteiger partial charge in [-0.1, -0.05) is 30.3 Å². The van der Waals surface area contributed by atoms with Crippen molar-refractivity contribution in [2.75, 3.05) is 18.9 Å². The van der Waals surface area contributed by atoms with E-state index in [-0.39, 0.29) is 4.90 Å². The molecule has 2 N–H and O–H groups in total. The molecule has 21 heavy (non-hydrogen) atoms. The van der Waals surface area contributed by atoms with Gasteiger partial charge in [-0.15, -0.1) is 0 Å². The fraction of sp³-hybridized carbons (Fsp3) is 0.214. The molecule has 1 aromatic carbocycles. The van der Waals surface area contributed by atoms with Crippen LogP contribution in [0, 0.1) is 0 Å². The molecule has 0 aliphatic heterocycles. The Morgan fingerprint density at radius 2 is 1.95 bits per heavy atom. The summed E-state index contributed by atoms with van der Waals surface area (Å²) in [6.45, 7) is 0.335. The summed E-state index contributed by atoms with van der Waals surface area (Å²) in [6.07, 6.45) is 2.19. The molecule has 0 radical (unpaired) electrons. The van der Waals surface area contributed by atoms with Gasteiger partial charge in [-0.05, 0) is 34.0 Å². The maximum absolute atomic E-state index is 12.3. The van der Waals surface area contributed by atoms with Gasteiger partial charge in [-0.25, -0.2) is 18.1 Å². The van der Waals surface area contributed by atoms with Crippen molar-refractivity contribution in [2.24, 2.45) is 0 Å². The molecule has 0 fully saturated rings. The van der Waals surface area contributed by atoms with Crippen LogP contribution < -0.4 is 10.0 Å². The normalized spacial score (nSPS) is 11.3. The third-order valence-electron chi connectivity index (χ3n) is 2.89. The minimum Gasteiger partial charge on any atom is -0.372 e. The highest BCUT2D eigenvalue weighted by Crippen LogP contribution is 2.22. The number of sulfonamides is 1. The number of rotatable bonds is 6. The highest BCUT2D eigenvalue weighted by molar-refractivity contribution is 9.10. The molecule has 0 saturated carbocycles. The topological polar surface area (TPSA) is 71.1 Å². The van der Waals surface area contributed by atoms with E-state index in [4.69, 9.17) is 0 Å². The van der Waals surface area contributed by atoms with Crippen molar-refractivity contribution in [3.8, 4) is 0 Å². The van der Waals surface area contributed by atoms with Crippen LogP contribution in [0.1, 0.15) is 5.56 Å². The average molecular weight is 370 g/mol.